The Hall–Kier alpha value is -3.15. The summed E-state index contributed by atoms with van der Waals surface area (Å²) in [4.78, 5) is 37.7. The Morgan fingerprint density at radius 3 is 2.33 bits per heavy atom. The van der Waals surface area contributed by atoms with Crippen LogP contribution in [0, 0.1) is 17.3 Å². The van der Waals surface area contributed by atoms with E-state index in [0.717, 1.165) is 12.0 Å². The molecule has 158 valence electrons. The summed E-state index contributed by atoms with van der Waals surface area (Å²) in [7, 11) is 1.33. The molecule has 0 saturated heterocycles. The third-order valence-electron chi connectivity index (χ3n) is 5.68. The molecule has 2 aromatic rings. The lowest BCUT2D eigenvalue weighted by atomic mass is 9.80. The minimum atomic E-state index is -0.986. The molecule has 0 spiro atoms. The molecule has 3 unspecified atom stereocenters. The minimum Gasteiger partial charge on any atom is -0.469 e. The Kier molecular flexibility index (Phi) is 6.25. The fourth-order valence-electron chi connectivity index (χ4n) is 3.58. The van der Waals surface area contributed by atoms with Gasteiger partial charge >= 0.3 is 5.97 Å². The van der Waals surface area contributed by atoms with E-state index in [1.807, 2.05) is 37.3 Å². The minimum absolute atomic E-state index is 0.0194. The van der Waals surface area contributed by atoms with Crippen LogP contribution in [-0.2, 0) is 14.3 Å². The van der Waals surface area contributed by atoms with E-state index in [2.05, 4.69) is 10.6 Å². The Balaban J connectivity index is 1.81. The molecular formula is C24H28N2O4. The Bertz CT molecular complexity index is 939. The molecule has 6 heteroatoms. The molecule has 30 heavy (non-hydrogen) atoms. The first kappa shape index (κ1) is 21.6. The van der Waals surface area contributed by atoms with Crippen LogP contribution >= 0.6 is 0 Å². The lowest BCUT2D eigenvalue weighted by Gasteiger charge is -2.33. The van der Waals surface area contributed by atoms with Gasteiger partial charge in [0.05, 0.1) is 18.6 Å². The highest BCUT2D eigenvalue weighted by molar-refractivity contribution is 5.98. The molecule has 1 saturated carbocycles. The van der Waals surface area contributed by atoms with Gasteiger partial charge in [-0.1, -0.05) is 43.3 Å². The molecule has 0 radical (unpaired) electrons. The average Bonchev–Trinajstić information content (AvgIpc) is 3.48. The number of esters is 1. The fourth-order valence-corrected chi connectivity index (χ4v) is 3.58. The molecule has 6 nitrogen and oxygen atoms in total. The number of benzene rings is 2. The normalized spacial score (nSPS) is 18.8. The van der Waals surface area contributed by atoms with Gasteiger partial charge in [-0.2, -0.15) is 0 Å². The quantitative estimate of drug-likeness (QED) is 0.680. The molecule has 0 heterocycles. The topological polar surface area (TPSA) is 84.5 Å². The van der Waals surface area contributed by atoms with Crippen molar-refractivity contribution in [2.75, 3.05) is 12.4 Å². The molecule has 1 fully saturated rings. The van der Waals surface area contributed by atoms with Crippen LogP contribution in [-0.4, -0.2) is 24.9 Å². The third-order valence-corrected chi connectivity index (χ3v) is 5.68. The number of carbonyl (C=O) groups excluding carboxylic acids is 3. The zero-order valence-corrected chi connectivity index (χ0v) is 17.8. The van der Waals surface area contributed by atoms with Crippen molar-refractivity contribution in [2.45, 2.75) is 33.2 Å². The van der Waals surface area contributed by atoms with Crippen LogP contribution in [0.2, 0.25) is 0 Å². The number of ether oxygens (including phenoxy) is 1. The molecule has 2 amide bonds. The van der Waals surface area contributed by atoms with Crippen molar-refractivity contribution in [2.24, 2.45) is 17.3 Å². The number of methoxy groups -OCH3 is 1. The SMILES string of the molecule is COC(=O)C(C)(C)C(NC(=O)c1cccc(NC(=O)C2CC2C)c1)c1ccccc1. The summed E-state index contributed by atoms with van der Waals surface area (Å²) in [6.07, 6.45) is 0.896. The Morgan fingerprint density at radius 2 is 1.73 bits per heavy atom. The standard InChI is InChI=1S/C24H28N2O4/c1-15-13-19(15)22(28)25-18-12-8-11-17(14-18)21(27)26-20(16-9-6-5-7-10-16)24(2,3)23(29)30-4/h5-12,14-15,19-20H,13H2,1-4H3,(H,25,28)(H,26,27). The van der Waals surface area contributed by atoms with Crippen molar-refractivity contribution in [3.63, 3.8) is 0 Å². The maximum atomic E-state index is 13.0. The number of rotatable bonds is 7. The van der Waals surface area contributed by atoms with Gasteiger partial charge in [-0.3, -0.25) is 14.4 Å². The van der Waals surface area contributed by atoms with Crippen LogP contribution in [0.5, 0.6) is 0 Å². The summed E-state index contributed by atoms with van der Waals surface area (Å²) in [5.41, 5.74) is 0.793. The first-order valence-corrected chi connectivity index (χ1v) is 10.1. The molecule has 1 aliphatic carbocycles. The summed E-state index contributed by atoms with van der Waals surface area (Å²) >= 11 is 0. The number of nitrogens with one attached hydrogen (secondary N) is 2. The van der Waals surface area contributed by atoms with Crippen molar-refractivity contribution < 1.29 is 19.1 Å². The van der Waals surface area contributed by atoms with Gasteiger partial charge in [0, 0.05) is 17.2 Å². The van der Waals surface area contributed by atoms with Gasteiger partial charge in [-0.05, 0) is 49.9 Å². The highest BCUT2D eigenvalue weighted by Gasteiger charge is 2.40. The lowest BCUT2D eigenvalue weighted by Crippen LogP contribution is -2.43. The van der Waals surface area contributed by atoms with Crippen molar-refractivity contribution in [3.8, 4) is 0 Å². The zero-order valence-electron chi connectivity index (χ0n) is 17.8. The van der Waals surface area contributed by atoms with Crippen molar-refractivity contribution in [3.05, 3.63) is 65.7 Å². The van der Waals surface area contributed by atoms with Gasteiger partial charge in [0.1, 0.15) is 0 Å². The summed E-state index contributed by atoms with van der Waals surface area (Å²) in [6.45, 7) is 5.52. The second-order valence-corrected chi connectivity index (χ2v) is 8.42. The average molecular weight is 408 g/mol. The van der Waals surface area contributed by atoms with E-state index < -0.39 is 17.4 Å². The molecule has 0 aromatic heterocycles. The molecule has 3 atom stereocenters. The van der Waals surface area contributed by atoms with Gasteiger partial charge in [-0.15, -0.1) is 0 Å². The summed E-state index contributed by atoms with van der Waals surface area (Å²) < 4.78 is 4.97. The second-order valence-electron chi connectivity index (χ2n) is 8.42. The van der Waals surface area contributed by atoms with E-state index in [4.69, 9.17) is 4.74 Å². The Morgan fingerprint density at radius 1 is 1.07 bits per heavy atom. The zero-order chi connectivity index (χ0) is 21.9. The predicted octanol–water partition coefficient (Wildman–Crippen LogP) is 3.95. The van der Waals surface area contributed by atoms with Crippen molar-refractivity contribution >= 4 is 23.5 Å². The number of amides is 2. The summed E-state index contributed by atoms with van der Waals surface area (Å²) in [5, 5.41) is 5.85. The molecular weight excluding hydrogens is 380 g/mol. The van der Waals surface area contributed by atoms with E-state index in [-0.39, 0.29) is 17.7 Å². The van der Waals surface area contributed by atoms with Gasteiger partial charge in [0.2, 0.25) is 5.91 Å². The lowest BCUT2D eigenvalue weighted by molar-refractivity contribution is -0.152. The van der Waals surface area contributed by atoms with Crippen LogP contribution in [0.1, 0.15) is 49.2 Å². The third kappa shape index (κ3) is 4.70. The maximum Gasteiger partial charge on any atom is 0.313 e. The first-order valence-electron chi connectivity index (χ1n) is 10.1. The highest BCUT2D eigenvalue weighted by Crippen LogP contribution is 2.38. The van der Waals surface area contributed by atoms with Crippen LogP contribution in [0.25, 0.3) is 0 Å². The second kappa shape index (κ2) is 8.69. The number of hydrogen-bond acceptors (Lipinski definition) is 4. The van der Waals surface area contributed by atoms with Crippen LogP contribution < -0.4 is 10.6 Å². The number of anilines is 1. The van der Waals surface area contributed by atoms with E-state index in [0.29, 0.717) is 17.2 Å². The van der Waals surface area contributed by atoms with Gasteiger partial charge < -0.3 is 15.4 Å². The van der Waals surface area contributed by atoms with Crippen molar-refractivity contribution in [1.82, 2.24) is 5.32 Å². The first-order chi connectivity index (χ1) is 14.2. The molecule has 1 aliphatic rings. The number of carbonyl (C=O) groups is 3. The number of hydrogen-bond donors (Lipinski definition) is 2. The van der Waals surface area contributed by atoms with Crippen LogP contribution in [0.4, 0.5) is 5.69 Å². The predicted molar refractivity (Wildman–Crippen MR) is 115 cm³/mol. The molecule has 0 bridgehead atoms. The van der Waals surface area contributed by atoms with Gasteiger partial charge in [-0.25, -0.2) is 0 Å². The van der Waals surface area contributed by atoms with E-state index >= 15 is 0 Å². The molecule has 0 aliphatic heterocycles. The van der Waals surface area contributed by atoms with E-state index in [1.54, 1.807) is 38.1 Å². The van der Waals surface area contributed by atoms with E-state index in [9.17, 15) is 14.4 Å². The van der Waals surface area contributed by atoms with Crippen LogP contribution in [0.3, 0.4) is 0 Å². The smallest absolute Gasteiger partial charge is 0.313 e. The Labute approximate surface area is 177 Å². The van der Waals surface area contributed by atoms with Crippen LogP contribution in [0.15, 0.2) is 54.6 Å². The van der Waals surface area contributed by atoms with E-state index in [1.165, 1.54) is 7.11 Å². The largest absolute Gasteiger partial charge is 0.469 e. The molecule has 3 rings (SSSR count). The molecule has 2 aromatic carbocycles. The monoisotopic (exact) mass is 408 g/mol. The maximum absolute atomic E-state index is 13.0. The van der Waals surface area contributed by atoms with Crippen molar-refractivity contribution in [1.29, 1.82) is 0 Å². The van der Waals surface area contributed by atoms with Gasteiger partial charge in [0.15, 0.2) is 0 Å². The molecule has 2 N–H and O–H groups in total. The fraction of sp³-hybridized carbons (Fsp3) is 0.375. The van der Waals surface area contributed by atoms with Gasteiger partial charge in [0.25, 0.3) is 5.91 Å². The summed E-state index contributed by atoms with van der Waals surface area (Å²) in [6, 6.07) is 15.5. The summed E-state index contributed by atoms with van der Waals surface area (Å²) in [5.74, 6) is -0.323. The highest BCUT2D eigenvalue weighted by atomic mass is 16.5.